The average molecular weight is 456 g/mol. The molecule has 0 atom stereocenters. The van der Waals surface area contributed by atoms with Crippen molar-refractivity contribution in [3.63, 3.8) is 0 Å². The summed E-state index contributed by atoms with van der Waals surface area (Å²) in [6.45, 7) is 2.11. The molecule has 3 N–H and O–H groups in total. The van der Waals surface area contributed by atoms with E-state index in [1.165, 1.54) is 18.1 Å². The van der Waals surface area contributed by atoms with Crippen LogP contribution in [0.4, 0.5) is 18.9 Å². The first kappa shape index (κ1) is 22.0. The van der Waals surface area contributed by atoms with Crippen molar-refractivity contribution in [2.45, 2.75) is 32.4 Å². The number of nitrogens with one attached hydrogen (secondary N) is 1. The van der Waals surface area contributed by atoms with Crippen molar-refractivity contribution in [1.29, 1.82) is 0 Å². The second-order valence-electron chi connectivity index (χ2n) is 6.68. The van der Waals surface area contributed by atoms with E-state index in [0.29, 0.717) is 5.69 Å². The number of nitrogens with zero attached hydrogens (tertiary/aromatic N) is 3. The number of benzene rings is 1. The molecule has 0 aliphatic carbocycles. The molecule has 1 aromatic carbocycles. The monoisotopic (exact) mass is 455 g/mol. The number of rotatable bonds is 5. The number of fused-ring (bicyclic) bond motifs is 1. The molecule has 6 nitrogen and oxygen atoms in total. The highest BCUT2D eigenvalue weighted by Gasteiger charge is 2.37. The molecule has 1 amide bonds. The van der Waals surface area contributed by atoms with E-state index in [1.807, 2.05) is 12.1 Å². The Kier molecular flexibility index (Phi) is 6.32. The molecule has 0 aliphatic heterocycles. The van der Waals surface area contributed by atoms with E-state index in [2.05, 4.69) is 17.4 Å². The summed E-state index contributed by atoms with van der Waals surface area (Å²) in [5.41, 5.74) is 9.00. The number of hydrogen-bond donors (Lipinski definition) is 2. The lowest BCUT2D eigenvalue weighted by Crippen LogP contribution is -2.48. The zero-order chi connectivity index (χ0) is 22.1. The van der Waals surface area contributed by atoms with Crippen molar-refractivity contribution >= 4 is 50.5 Å². The third-order valence-corrected chi connectivity index (χ3v) is 5.83. The zero-order valence-electron chi connectivity index (χ0n) is 16.3. The van der Waals surface area contributed by atoms with E-state index in [-0.39, 0.29) is 20.2 Å². The Morgan fingerprint density at radius 1 is 1.33 bits per heavy atom. The third-order valence-electron chi connectivity index (χ3n) is 4.45. The number of carbonyl (C=O) groups excluding carboxylic acids is 1. The van der Waals surface area contributed by atoms with Crippen LogP contribution in [0.5, 0.6) is 0 Å². The van der Waals surface area contributed by atoms with Gasteiger partial charge in [-0.2, -0.15) is 18.3 Å². The number of thiocarbonyl (C=S) groups is 1. The van der Waals surface area contributed by atoms with Gasteiger partial charge in [-0.25, -0.2) is 5.01 Å². The van der Waals surface area contributed by atoms with E-state index in [0.717, 1.165) is 40.8 Å². The molecule has 11 heteroatoms. The molecular formula is C19H20F3N5OS2. The first-order valence-electron chi connectivity index (χ1n) is 9.15. The smallest absolute Gasteiger partial charge is 0.374 e. The molecule has 3 aromatic rings. The Hall–Kier alpha value is -2.66. The SMILES string of the molecule is CCCCc1ccc(N(NC(=O)c2cc3c(C(F)(F)F)nn(C)c3s2)C(N)=S)cc1. The van der Waals surface area contributed by atoms with Crippen molar-refractivity contribution in [3.8, 4) is 0 Å². The van der Waals surface area contributed by atoms with Crippen LogP contribution in [0, 0.1) is 0 Å². The third kappa shape index (κ3) is 4.57. The van der Waals surface area contributed by atoms with E-state index in [1.54, 1.807) is 12.1 Å². The van der Waals surface area contributed by atoms with E-state index >= 15 is 0 Å². The van der Waals surface area contributed by atoms with Gasteiger partial charge in [0.25, 0.3) is 5.91 Å². The van der Waals surface area contributed by atoms with E-state index in [9.17, 15) is 18.0 Å². The molecule has 2 heterocycles. The number of unbranched alkanes of at least 4 members (excludes halogenated alkanes) is 1. The van der Waals surface area contributed by atoms with Gasteiger partial charge in [-0.3, -0.25) is 14.9 Å². The van der Waals surface area contributed by atoms with Gasteiger partial charge in [0, 0.05) is 12.4 Å². The maximum atomic E-state index is 13.2. The van der Waals surface area contributed by atoms with Crippen LogP contribution < -0.4 is 16.2 Å². The fourth-order valence-corrected chi connectivity index (χ4v) is 4.07. The van der Waals surface area contributed by atoms with E-state index in [4.69, 9.17) is 18.0 Å². The van der Waals surface area contributed by atoms with Crippen LogP contribution in [0.3, 0.4) is 0 Å². The number of nitrogens with two attached hydrogens (primary N) is 1. The summed E-state index contributed by atoms with van der Waals surface area (Å²) >= 11 is 5.94. The molecule has 0 spiro atoms. The Morgan fingerprint density at radius 3 is 2.57 bits per heavy atom. The summed E-state index contributed by atoms with van der Waals surface area (Å²) in [6, 6.07) is 8.57. The van der Waals surface area contributed by atoms with Gasteiger partial charge < -0.3 is 5.73 Å². The van der Waals surface area contributed by atoms with Crippen molar-refractivity contribution in [2.75, 3.05) is 5.01 Å². The normalized spacial score (nSPS) is 11.6. The number of halogens is 3. The summed E-state index contributed by atoms with van der Waals surface area (Å²) in [4.78, 5) is 13.0. The number of carbonyl (C=O) groups is 1. The van der Waals surface area contributed by atoms with Crippen molar-refractivity contribution in [3.05, 3.63) is 46.5 Å². The fourth-order valence-electron chi connectivity index (χ4n) is 2.96. The molecule has 3 rings (SSSR count). The van der Waals surface area contributed by atoms with Crippen LogP contribution in [-0.4, -0.2) is 20.8 Å². The second kappa shape index (κ2) is 8.60. The highest BCUT2D eigenvalue weighted by Crippen LogP contribution is 2.37. The van der Waals surface area contributed by atoms with Crippen LogP contribution in [0.15, 0.2) is 30.3 Å². The number of hydrogen-bond acceptors (Lipinski definition) is 4. The first-order valence-corrected chi connectivity index (χ1v) is 10.4. The summed E-state index contributed by atoms with van der Waals surface area (Å²) in [5.74, 6) is -0.618. The number of alkyl halides is 3. The second-order valence-corrected chi connectivity index (χ2v) is 8.13. The van der Waals surface area contributed by atoms with Gasteiger partial charge in [0.2, 0.25) is 0 Å². The number of aryl methyl sites for hydroxylation is 2. The minimum absolute atomic E-state index is 0.0873. The van der Waals surface area contributed by atoms with E-state index < -0.39 is 17.8 Å². The van der Waals surface area contributed by atoms with Gasteiger partial charge in [-0.1, -0.05) is 25.5 Å². The van der Waals surface area contributed by atoms with Gasteiger partial charge in [-0.15, -0.1) is 11.3 Å². The molecule has 0 aliphatic rings. The zero-order valence-corrected chi connectivity index (χ0v) is 17.9. The van der Waals surface area contributed by atoms with Gasteiger partial charge in [0.15, 0.2) is 10.8 Å². The predicted molar refractivity (Wildman–Crippen MR) is 115 cm³/mol. The number of aromatic nitrogens is 2. The summed E-state index contributed by atoms with van der Waals surface area (Å²) in [7, 11) is 1.40. The molecule has 0 saturated carbocycles. The number of thiophene rings is 1. The topological polar surface area (TPSA) is 76.2 Å². The fraction of sp³-hybridized carbons (Fsp3) is 0.316. The van der Waals surface area contributed by atoms with Gasteiger partial charge in [-0.05, 0) is 48.8 Å². The lowest BCUT2D eigenvalue weighted by Gasteiger charge is -2.23. The lowest BCUT2D eigenvalue weighted by molar-refractivity contribution is -0.140. The minimum Gasteiger partial charge on any atom is -0.374 e. The molecular weight excluding hydrogens is 435 g/mol. The molecule has 30 heavy (non-hydrogen) atoms. The predicted octanol–water partition coefficient (Wildman–Crippen LogP) is 4.39. The Morgan fingerprint density at radius 2 is 2.00 bits per heavy atom. The number of amides is 1. The highest BCUT2D eigenvalue weighted by atomic mass is 32.1. The quantitative estimate of drug-likeness (QED) is 0.441. The molecule has 0 saturated heterocycles. The minimum atomic E-state index is -4.61. The maximum absolute atomic E-state index is 13.2. The van der Waals surface area contributed by atoms with Crippen LogP contribution in [0.1, 0.15) is 40.7 Å². The van der Waals surface area contributed by atoms with Gasteiger partial charge in [0.1, 0.15) is 4.83 Å². The molecule has 0 radical (unpaired) electrons. The standard InChI is InChI=1S/C19H20F3N5OS2/c1-3-4-5-11-6-8-12(9-7-11)27(18(23)29)25-16(28)14-10-13-15(19(20,21)22)24-26(2)17(13)30-14/h6-10H,3-5H2,1-2H3,(H2,23,29)(H,25,28). The van der Waals surface area contributed by atoms with Crippen molar-refractivity contribution < 1.29 is 18.0 Å². The highest BCUT2D eigenvalue weighted by molar-refractivity contribution is 7.80. The maximum Gasteiger partial charge on any atom is 0.435 e. The van der Waals surface area contributed by atoms with Crippen LogP contribution >= 0.6 is 23.6 Å². The largest absolute Gasteiger partial charge is 0.435 e. The summed E-state index contributed by atoms with van der Waals surface area (Å²) < 4.78 is 40.6. The molecule has 0 fully saturated rings. The molecule has 2 aromatic heterocycles. The van der Waals surface area contributed by atoms with Gasteiger partial charge >= 0.3 is 6.18 Å². The van der Waals surface area contributed by atoms with Crippen molar-refractivity contribution in [1.82, 2.24) is 15.2 Å². The van der Waals surface area contributed by atoms with Gasteiger partial charge in [0.05, 0.1) is 10.6 Å². The van der Waals surface area contributed by atoms with Crippen LogP contribution in [0.25, 0.3) is 10.2 Å². The molecule has 0 unspecified atom stereocenters. The van der Waals surface area contributed by atoms with Crippen molar-refractivity contribution in [2.24, 2.45) is 12.8 Å². The Balaban J connectivity index is 1.84. The average Bonchev–Trinajstić information content (AvgIpc) is 3.25. The van der Waals surface area contributed by atoms with Crippen LogP contribution in [0.2, 0.25) is 0 Å². The molecule has 0 bridgehead atoms. The summed E-state index contributed by atoms with van der Waals surface area (Å²) in [6.07, 6.45) is -1.53. The lowest BCUT2D eigenvalue weighted by atomic mass is 10.1. The number of hydrazine groups is 1. The Labute approximate surface area is 180 Å². The first-order chi connectivity index (χ1) is 14.1. The number of anilines is 1. The summed E-state index contributed by atoms with van der Waals surface area (Å²) in [5, 5.41) is 4.52. The van der Waals surface area contributed by atoms with Crippen LogP contribution in [-0.2, 0) is 19.6 Å². The Bertz CT molecular complexity index is 1070. The molecule has 160 valence electrons.